The normalized spacial score (nSPS) is 16.3. The van der Waals surface area contributed by atoms with Gasteiger partial charge in [0.1, 0.15) is 11.5 Å². The molecule has 0 saturated carbocycles. The standard InChI is InChI=1S/C23H35NO5.C2H6/c1-16(2)29-21-15-19(23(4,5)11-6-7-12-28-24(26)27)14-20(25)22(21)18-10-8-9-17(3)13-18;1-2/h9,14-16,18,25H,6-8,10-13H2,1-5H3;1-2H3. The van der Waals surface area contributed by atoms with Gasteiger partial charge in [0.05, 0.1) is 12.7 Å². The van der Waals surface area contributed by atoms with Gasteiger partial charge in [0.15, 0.2) is 0 Å². The Labute approximate surface area is 187 Å². The van der Waals surface area contributed by atoms with Crippen LogP contribution in [0.2, 0.25) is 0 Å². The molecule has 1 aromatic rings. The lowest BCUT2D eigenvalue weighted by atomic mass is 9.77. The first-order chi connectivity index (χ1) is 14.6. The number of allylic oxidation sites excluding steroid dienone is 2. The van der Waals surface area contributed by atoms with Gasteiger partial charge in [-0.25, -0.2) is 0 Å². The first kappa shape index (κ1) is 26.8. The summed E-state index contributed by atoms with van der Waals surface area (Å²) in [7, 11) is 0. The number of rotatable bonds is 10. The maximum absolute atomic E-state index is 11.0. The summed E-state index contributed by atoms with van der Waals surface area (Å²) in [5.41, 5.74) is 3.11. The average Bonchev–Trinajstić information content (AvgIpc) is 2.68. The molecule has 0 bridgehead atoms. The van der Waals surface area contributed by atoms with E-state index in [2.05, 4.69) is 37.8 Å². The van der Waals surface area contributed by atoms with E-state index < -0.39 is 5.09 Å². The van der Waals surface area contributed by atoms with E-state index in [9.17, 15) is 15.2 Å². The number of aromatic hydroxyl groups is 1. The summed E-state index contributed by atoms with van der Waals surface area (Å²) in [5.74, 6) is 1.35. The summed E-state index contributed by atoms with van der Waals surface area (Å²) in [4.78, 5) is 14.7. The van der Waals surface area contributed by atoms with Gasteiger partial charge in [0.2, 0.25) is 0 Å². The zero-order valence-corrected chi connectivity index (χ0v) is 20.4. The summed E-state index contributed by atoms with van der Waals surface area (Å²) in [6.45, 7) is 14.5. The number of hydrogen-bond acceptors (Lipinski definition) is 5. The molecule has 1 N–H and O–H groups in total. The van der Waals surface area contributed by atoms with Gasteiger partial charge in [-0.15, -0.1) is 10.1 Å². The number of phenols is 1. The van der Waals surface area contributed by atoms with Gasteiger partial charge >= 0.3 is 0 Å². The highest BCUT2D eigenvalue weighted by atomic mass is 16.9. The summed E-state index contributed by atoms with van der Waals surface area (Å²) < 4.78 is 6.15. The number of unbranched alkanes of at least 4 members (excludes halogenated alkanes) is 1. The van der Waals surface area contributed by atoms with Gasteiger partial charge in [-0.2, -0.15) is 0 Å². The molecule has 1 unspecified atom stereocenters. The van der Waals surface area contributed by atoms with Gasteiger partial charge in [-0.1, -0.05) is 45.8 Å². The number of benzene rings is 1. The van der Waals surface area contributed by atoms with E-state index in [4.69, 9.17) is 4.74 Å². The van der Waals surface area contributed by atoms with Crippen molar-refractivity contribution >= 4 is 0 Å². The van der Waals surface area contributed by atoms with Crippen LogP contribution in [0.5, 0.6) is 11.5 Å². The molecule has 6 heteroatoms. The van der Waals surface area contributed by atoms with E-state index in [0.29, 0.717) is 12.2 Å². The molecule has 0 aromatic heterocycles. The molecular formula is C25H41NO5. The zero-order chi connectivity index (χ0) is 23.6. The van der Waals surface area contributed by atoms with Gasteiger partial charge in [-0.05, 0) is 81.9 Å². The lowest BCUT2D eigenvalue weighted by molar-refractivity contribution is -0.757. The van der Waals surface area contributed by atoms with Gasteiger partial charge in [0.25, 0.3) is 5.09 Å². The first-order valence-corrected chi connectivity index (χ1v) is 11.6. The Morgan fingerprint density at radius 3 is 2.52 bits per heavy atom. The van der Waals surface area contributed by atoms with Crippen molar-refractivity contribution in [2.45, 2.75) is 104 Å². The fourth-order valence-corrected chi connectivity index (χ4v) is 4.07. The van der Waals surface area contributed by atoms with E-state index in [-0.39, 0.29) is 24.0 Å². The fourth-order valence-electron chi connectivity index (χ4n) is 4.07. The van der Waals surface area contributed by atoms with Gasteiger partial charge in [0, 0.05) is 5.56 Å². The summed E-state index contributed by atoms with van der Waals surface area (Å²) >= 11 is 0. The molecule has 1 atom stereocenters. The van der Waals surface area contributed by atoms with Crippen molar-refractivity contribution in [2.24, 2.45) is 0 Å². The summed E-state index contributed by atoms with van der Waals surface area (Å²) in [5, 5.41) is 20.5. The number of nitrogens with zero attached hydrogens (tertiary/aromatic N) is 1. The Bertz CT molecular complexity index is 740. The van der Waals surface area contributed by atoms with Crippen molar-refractivity contribution in [2.75, 3.05) is 6.61 Å². The second-order valence-corrected chi connectivity index (χ2v) is 9.00. The third-order valence-corrected chi connectivity index (χ3v) is 5.64. The fraction of sp³-hybridized carbons (Fsp3) is 0.680. The van der Waals surface area contributed by atoms with Crippen molar-refractivity contribution in [3.63, 3.8) is 0 Å². The summed E-state index contributed by atoms with van der Waals surface area (Å²) in [6.07, 6.45) is 7.53. The van der Waals surface area contributed by atoms with Crippen molar-refractivity contribution in [1.29, 1.82) is 0 Å². The number of hydrogen-bond donors (Lipinski definition) is 1. The Morgan fingerprint density at radius 1 is 1.26 bits per heavy atom. The van der Waals surface area contributed by atoms with Crippen molar-refractivity contribution in [1.82, 2.24) is 0 Å². The molecule has 31 heavy (non-hydrogen) atoms. The van der Waals surface area contributed by atoms with E-state index in [1.54, 1.807) is 0 Å². The molecule has 1 aliphatic rings. The molecule has 1 aromatic carbocycles. The lowest BCUT2D eigenvalue weighted by Crippen LogP contribution is -2.19. The quantitative estimate of drug-likeness (QED) is 0.184. The Hall–Kier alpha value is -2.24. The molecule has 6 nitrogen and oxygen atoms in total. The molecule has 0 fully saturated rings. The average molecular weight is 436 g/mol. The minimum absolute atomic E-state index is 0.0195. The molecule has 0 radical (unpaired) electrons. The van der Waals surface area contributed by atoms with Crippen LogP contribution in [-0.4, -0.2) is 22.9 Å². The predicted molar refractivity (Wildman–Crippen MR) is 125 cm³/mol. The summed E-state index contributed by atoms with van der Waals surface area (Å²) in [6, 6.07) is 3.96. The molecule has 1 aliphatic carbocycles. The van der Waals surface area contributed by atoms with Crippen LogP contribution < -0.4 is 4.74 Å². The second-order valence-electron chi connectivity index (χ2n) is 9.00. The van der Waals surface area contributed by atoms with Crippen LogP contribution in [0.3, 0.4) is 0 Å². The van der Waals surface area contributed by atoms with Crippen LogP contribution in [-0.2, 0) is 10.3 Å². The molecule has 0 amide bonds. The number of ether oxygens (including phenoxy) is 1. The monoisotopic (exact) mass is 435 g/mol. The second kappa shape index (κ2) is 12.6. The highest BCUT2D eigenvalue weighted by Crippen LogP contribution is 2.45. The first-order valence-electron chi connectivity index (χ1n) is 11.6. The molecule has 0 saturated heterocycles. The molecule has 0 aliphatic heterocycles. The van der Waals surface area contributed by atoms with E-state index in [1.165, 1.54) is 5.57 Å². The van der Waals surface area contributed by atoms with Gasteiger partial charge in [-0.3, -0.25) is 0 Å². The maximum Gasteiger partial charge on any atom is 0.294 e. The Kier molecular flexibility index (Phi) is 10.9. The minimum atomic E-state index is -0.750. The highest BCUT2D eigenvalue weighted by molar-refractivity contribution is 5.52. The predicted octanol–water partition coefficient (Wildman–Crippen LogP) is 7.08. The third kappa shape index (κ3) is 8.42. The lowest BCUT2D eigenvalue weighted by Gasteiger charge is -2.30. The molecule has 0 heterocycles. The van der Waals surface area contributed by atoms with Crippen LogP contribution in [0, 0.1) is 10.1 Å². The van der Waals surface area contributed by atoms with Crippen LogP contribution in [0.15, 0.2) is 23.8 Å². The highest BCUT2D eigenvalue weighted by Gasteiger charge is 2.28. The molecule has 176 valence electrons. The maximum atomic E-state index is 11.0. The van der Waals surface area contributed by atoms with Crippen LogP contribution in [0.4, 0.5) is 0 Å². The van der Waals surface area contributed by atoms with E-state index >= 15 is 0 Å². The van der Waals surface area contributed by atoms with Crippen LogP contribution in [0.25, 0.3) is 0 Å². The van der Waals surface area contributed by atoms with E-state index in [1.807, 2.05) is 33.8 Å². The third-order valence-electron chi connectivity index (χ3n) is 5.64. The molecule has 0 spiro atoms. The van der Waals surface area contributed by atoms with Gasteiger partial charge < -0.3 is 14.7 Å². The van der Waals surface area contributed by atoms with Crippen LogP contribution >= 0.6 is 0 Å². The molecule has 2 rings (SSSR count). The minimum Gasteiger partial charge on any atom is -0.508 e. The number of phenolic OH excluding ortho intramolecular Hbond substituents is 1. The largest absolute Gasteiger partial charge is 0.508 e. The SMILES string of the molecule is CC.CC1=CCCC(c2c(O)cc(C(C)(C)CCCCO[N+](=O)[O-])cc2OC(C)C)C1. The van der Waals surface area contributed by atoms with Crippen molar-refractivity contribution in [3.8, 4) is 11.5 Å². The van der Waals surface area contributed by atoms with Crippen molar-refractivity contribution in [3.05, 3.63) is 45.0 Å². The molecular weight excluding hydrogens is 394 g/mol. The topological polar surface area (TPSA) is 81.8 Å². The zero-order valence-electron chi connectivity index (χ0n) is 20.4. The Balaban J connectivity index is 0.00000233. The van der Waals surface area contributed by atoms with Crippen LogP contribution in [0.1, 0.15) is 104 Å². The van der Waals surface area contributed by atoms with Crippen molar-refractivity contribution < 1.29 is 19.8 Å². The smallest absolute Gasteiger partial charge is 0.294 e. The van der Waals surface area contributed by atoms with E-state index in [0.717, 1.165) is 49.0 Å². The Morgan fingerprint density at radius 2 is 1.94 bits per heavy atom.